The second-order valence-electron chi connectivity index (χ2n) is 2.07. The van der Waals surface area contributed by atoms with Crippen molar-refractivity contribution in [3.05, 3.63) is 18.2 Å². The van der Waals surface area contributed by atoms with Crippen molar-refractivity contribution >= 4 is 28.9 Å². The zero-order valence-electron chi connectivity index (χ0n) is 6.55. The van der Waals surface area contributed by atoms with Crippen LogP contribution in [0.5, 0.6) is 11.5 Å². The topological polar surface area (TPSA) is 18.5 Å². The van der Waals surface area contributed by atoms with Gasteiger partial charge in [-0.1, -0.05) is 0 Å². The van der Waals surface area contributed by atoms with Crippen LogP contribution in [0.25, 0.3) is 0 Å². The molecule has 3 radical (unpaired) electrons. The minimum absolute atomic E-state index is 0.798. The van der Waals surface area contributed by atoms with Gasteiger partial charge in [0.2, 0.25) is 0 Å². The Morgan fingerprint density at radius 2 is 1.73 bits per heavy atom. The molecule has 0 aliphatic heterocycles. The van der Waals surface area contributed by atoms with Crippen molar-refractivity contribution in [2.45, 2.75) is 0 Å². The Morgan fingerprint density at radius 3 is 2.27 bits per heavy atom. The maximum absolute atomic E-state index is 5.11. The summed E-state index contributed by atoms with van der Waals surface area (Å²) in [5, 5.41) is 0. The van der Waals surface area contributed by atoms with Gasteiger partial charge in [0, 0.05) is 0 Å². The zero-order valence-corrected chi connectivity index (χ0v) is 10.4. The van der Waals surface area contributed by atoms with Gasteiger partial charge in [-0.05, 0) is 0 Å². The third kappa shape index (κ3) is 2.08. The van der Waals surface area contributed by atoms with Crippen LogP contribution in [0, 0.1) is 0 Å². The summed E-state index contributed by atoms with van der Waals surface area (Å²) in [6, 6.07) is 5.99. The van der Waals surface area contributed by atoms with E-state index in [1.54, 1.807) is 14.2 Å². The van der Waals surface area contributed by atoms with Crippen LogP contribution < -0.4 is 12.6 Å². The van der Waals surface area contributed by atoms with E-state index >= 15 is 0 Å². The van der Waals surface area contributed by atoms with Crippen LogP contribution in [0.4, 0.5) is 0 Å². The standard InChI is InChI=1S/C8H9O2.Pb/c1-9-7-5-3-4-6-8(7)10-2;/h3,5-6H,1-2H3;. The molecular formula is C8H9O2Pb. The van der Waals surface area contributed by atoms with Crippen LogP contribution in [0.3, 0.4) is 0 Å². The molecule has 11 heavy (non-hydrogen) atoms. The molecule has 0 aromatic heterocycles. The molecule has 57 valence electrons. The Bertz CT molecular complexity index is 248. The molecule has 1 aromatic rings. The van der Waals surface area contributed by atoms with E-state index in [1.807, 2.05) is 18.2 Å². The van der Waals surface area contributed by atoms with Gasteiger partial charge in [0.1, 0.15) is 0 Å². The van der Waals surface area contributed by atoms with Gasteiger partial charge in [0.25, 0.3) is 0 Å². The summed E-state index contributed by atoms with van der Waals surface area (Å²) >= 11 is 1.04. The van der Waals surface area contributed by atoms with E-state index in [2.05, 4.69) is 0 Å². The fourth-order valence-electron chi connectivity index (χ4n) is 0.836. The van der Waals surface area contributed by atoms with E-state index in [9.17, 15) is 0 Å². The molecule has 3 heteroatoms. The Labute approximate surface area is 82.2 Å². The summed E-state index contributed by atoms with van der Waals surface area (Å²) in [4.78, 5) is 0. The summed E-state index contributed by atoms with van der Waals surface area (Å²) in [7, 11) is 3.30. The third-order valence-electron chi connectivity index (χ3n) is 1.38. The molecule has 0 fully saturated rings. The fourth-order valence-corrected chi connectivity index (χ4v) is 1.67. The van der Waals surface area contributed by atoms with Crippen LogP contribution in [-0.4, -0.2) is 40.0 Å². The normalized spacial score (nSPS) is 9.36. The van der Waals surface area contributed by atoms with Crippen molar-refractivity contribution in [2.75, 3.05) is 14.2 Å². The first-order valence-electron chi connectivity index (χ1n) is 3.21. The number of hydrogen-bond acceptors (Lipinski definition) is 2. The second kappa shape index (κ2) is 3.94. The Morgan fingerprint density at radius 1 is 1.09 bits per heavy atom. The van der Waals surface area contributed by atoms with Crippen molar-refractivity contribution in [1.29, 1.82) is 0 Å². The van der Waals surface area contributed by atoms with Gasteiger partial charge in [-0.3, -0.25) is 0 Å². The number of rotatable bonds is 2. The number of hydrogen-bond donors (Lipinski definition) is 0. The third-order valence-corrected chi connectivity index (χ3v) is 2.59. The van der Waals surface area contributed by atoms with Crippen molar-refractivity contribution < 1.29 is 9.47 Å². The van der Waals surface area contributed by atoms with E-state index in [0.717, 1.165) is 37.3 Å². The van der Waals surface area contributed by atoms with E-state index < -0.39 is 0 Å². The molecule has 0 heterocycles. The van der Waals surface area contributed by atoms with Crippen LogP contribution in [0.1, 0.15) is 0 Å². The van der Waals surface area contributed by atoms with E-state index in [1.165, 1.54) is 3.12 Å². The van der Waals surface area contributed by atoms with Gasteiger partial charge in [0.05, 0.1) is 0 Å². The Hall–Kier alpha value is -0.258. The molecule has 0 spiro atoms. The molecule has 0 aliphatic carbocycles. The van der Waals surface area contributed by atoms with Gasteiger partial charge < -0.3 is 0 Å². The van der Waals surface area contributed by atoms with Crippen LogP contribution >= 0.6 is 0 Å². The molecule has 0 saturated carbocycles. The number of ether oxygens (including phenoxy) is 2. The Kier molecular flexibility index (Phi) is 3.17. The maximum atomic E-state index is 5.11. The van der Waals surface area contributed by atoms with Crippen molar-refractivity contribution in [1.82, 2.24) is 0 Å². The summed E-state index contributed by atoms with van der Waals surface area (Å²) in [6.07, 6.45) is 0. The first kappa shape index (κ1) is 8.84. The summed E-state index contributed by atoms with van der Waals surface area (Å²) in [5.74, 6) is 1.62. The second-order valence-corrected chi connectivity index (χ2v) is 4.31. The number of benzene rings is 1. The predicted octanol–water partition coefficient (Wildman–Crippen LogP) is 0.498. The van der Waals surface area contributed by atoms with Gasteiger partial charge in [-0.15, -0.1) is 0 Å². The van der Waals surface area contributed by atoms with Crippen molar-refractivity contribution in [3.8, 4) is 11.5 Å². The molecule has 0 amide bonds. The summed E-state index contributed by atoms with van der Waals surface area (Å²) < 4.78 is 11.5. The fraction of sp³-hybridized carbons (Fsp3) is 0.250. The summed E-state index contributed by atoms with van der Waals surface area (Å²) in [5.41, 5.74) is 0. The van der Waals surface area contributed by atoms with Crippen molar-refractivity contribution in [2.24, 2.45) is 0 Å². The molecule has 0 aliphatic rings. The van der Waals surface area contributed by atoms with Gasteiger partial charge >= 0.3 is 82.3 Å². The van der Waals surface area contributed by atoms with Gasteiger partial charge in [-0.2, -0.15) is 0 Å². The van der Waals surface area contributed by atoms with E-state index in [0.29, 0.717) is 0 Å². The molecule has 0 N–H and O–H groups in total. The molecule has 0 atom stereocenters. The minimum atomic E-state index is 0.798. The first-order chi connectivity index (χ1) is 5.27. The SMILES string of the molecule is COc1cc[c]([Pb])cc1OC. The van der Waals surface area contributed by atoms with Gasteiger partial charge in [0.15, 0.2) is 0 Å². The number of methoxy groups -OCH3 is 2. The first-order valence-corrected chi connectivity index (χ1v) is 5.16. The Balaban J connectivity index is 3.06. The predicted molar refractivity (Wildman–Crippen MR) is 44.9 cm³/mol. The molecular weight excluding hydrogens is 335 g/mol. The molecule has 1 aromatic carbocycles. The molecule has 0 saturated heterocycles. The molecule has 0 unspecified atom stereocenters. The monoisotopic (exact) mass is 345 g/mol. The van der Waals surface area contributed by atoms with E-state index in [4.69, 9.17) is 9.47 Å². The van der Waals surface area contributed by atoms with Crippen LogP contribution in [-0.2, 0) is 0 Å². The molecule has 0 bridgehead atoms. The van der Waals surface area contributed by atoms with Crippen molar-refractivity contribution in [3.63, 3.8) is 0 Å². The van der Waals surface area contributed by atoms with Crippen LogP contribution in [0.2, 0.25) is 0 Å². The van der Waals surface area contributed by atoms with E-state index in [-0.39, 0.29) is 0 Å². The quantitative estimate of drug-likeness (QED) is 0.728. The average molecular weight is 344 g/mol. The summed E-state index contributed by atoms with van der Waals surface area (Å²) in [6.45, 7) is 0. The molecule has 2 nitrogen and oxygen atoms in total. The van der Waals surface area contributed by atoms with Gasteiger partial charge in [-0.25, -0.2) is 0 Å². The van der Waals surface area contributed by atoms with Crippen LogP contribution in [0.15, 0.2) is 18.2 Å². The zero-order chi connectivity index (χ0) is 8.27. The average Bonchev–Trinajstić information content (AvgIpc) is 2.04. The molecule has 1 rings (SSSR count).